The van der Waals surface area contributed by atoms with Gasteiger partial charge in [0.2, 0.25) is 0 Å². The van der Waals surface area contributed by atoms with Crippen molar-refractivity contribution in [3.8, 4) is 0 Å². The Morgan fingerprint density at radius 3 is 1.20 bits per heavy atom. The minimum absolute atomic E-state index is 0.633. The van der Waals surface area contributed by atoms with Crippen molar-refractivity contribution in [3.05, 3.63) is 0 Å². The van der Waals surface area contributed by atoms with Gasteiger partial charge >= 0.3 is 0 Å². The number of unbranched alkanes of at least 4 members (excludes halogenated alkanes) is 12. The fourth-order valence-corrected chi connectivity index (χ4v) is 4.81. The van der Waals surface area contributed by atoms with Crippen LogP contribution in [0, 0.1) is 0 Å². The summed E-state index contributed by atoms with van der Waals surface area (Å²) in [5, 5.41) is 1.27. The molecule has 0 saturated heterocycles. The standard InChI is InChI=1S/C22H46OS2/c1-5-7-9-11-13-15-17-19-21(3)24-23-25-22(4)20-18-16-14-12-10-8-6-2/h21-22H,5-20H2,1-4H3. The lowest BCUT2D eigenvalue weighted by Gasteiger charge is -2.13. The smallest absolute Gasteiger partial charge is 0.0295 e. The molecule has 0 spiro atoms. The van der Waals surface area contributed by atoms with Gasteiger partial charge in [0, 0.05) is 34.6 Å². The van der Waals surface area contributed by atoms with Crippen LogP contribution in [0.3, 0.4) is 0 Å². The molecular formula is C22H46OS2. The van der Waals surface area contributed by atoms with Crippen LogP contribution in [0.5, 0.6) is 0 Å². The summed E-state index contributed by atoms with van der Waals surface area (Å²) in [4.78, 5) is 0. The highest BCUT2D eigenvalue weighted by Gasteiger charge is 2.08. The molecule has 0 aromatic heterocycles. The molecule has 2 atom stereocenters. The second-order valence-electron chi connectivity index (χ2n) is 7.70. The first-order valence-corrected chi connectivity index (χ1v) is 12.8. The minimum atomic E-state index is 0.633. The second kappa shape index (κ2) is 21.0. The molecule has 0 heterocycles. The zero-order valence-corrected chi connectivity index (χ0v) is 19.3. The largest absolute Gasteiger partial charge is 0.247 e. The van der Waals surface area contributed by atoms with Crippen LogP contribution in [-0.2, 0) is 3.63 Å². The third kappa shape index (κ3) is 20.8. The van der Waals surface area contributed by atoms with Crippen LogP contribution in [0.2, 0.25) is 0 Å². The van der Waals surface area contributed by atoms with E-state index in [9.17, 15) is 0 Å². The predicted molar refractivity (Wildman–Crippen MR) is 120 cm³/mol. The molecule has 0 aliphatic heterocycles. The second-order valence-corrected chi connectivity index (χ2v) is 10.2. The fraction of sp³-hybridized carbons (Fsp3) is 1.00. The van der Waals surface area contributed by atoms with Crippen LogP contribution in [-0.4, -0.2) is 10.5 Å². The van der Waals surface area contributed by atoms with Gasteiger partial charge in [0.25, 0.3) is 0 Å². The summed E-state index contributed by atoms with van der Waals surface area (Å²) in [6.07, 6.45) is 22.2. The van der Waals surface area contributed by atoms with E-state index in [4.69, 9.17) is 3.63 Å². The minimum Gasteiger partial charge on any atom is -0.247 e. The van der Waals surface area contributed by atoms with Crippen LogP contribution >= 0.6 is 24.1 Å². The zero-order valence-electron chi connectivity index (χ0n) is 17.7. The van der Waals surface area contributed by atoms with E-state index >= 15 is 0 Å². The highest BCUT2D eigenvalue weighted by molar-refractivity contribution is 8.08. The average molecular weight is 391 g/mol. The third-order valence-corrected chi connectivity index (χ3v) is 6.59. The van der Waals surface area contributed by atoms with Crippen molar-refractivity contribution in [1.29, 1.82) is 0 Å². The summed E-state index contributed by atoms with van der Waals surface area (Å²) < 4.78 is 5.81. The van der Waals surface area contributed by atoms with Gasteiger partial charge in [0.1, 0.15) is 0 Å². The molecule has 0 radical (unpaired) electrons. The molecule has 0 aliphatic carbocycles. The van der Waals surface area contributed by atoms with E-state index in [0.717, 1.165) is 0 Å². The van der Waals surface area contributed by atoms with Crippen LogP contribution < -0.4 is 0 Å². The van der Waals surface area contributed by atoms with E-state index in [1.807, 2.05) is 0 Å². The first-order chi connectivity index (χ1) is 12.2. The molecule has 2 unspecified atom stereocenters. The van der Waals surface area contributed by atoms with Crippen molar-refractivity contribution in [3.63, 3.8) is 0 Å². The Morgan fingerprint density at radius 1 is 0.520 bits per heavy atom. The summed E-state index contributed by atoms with van der Waals surface area (Å²) in [5.41, 5.74) is 0. The maximum absolute atomic E-state index is 5.81. The molecule has 0 rings (SSSR count). The van der Waals surface area contributed by atoms with Crippen LogP contribution in [0.1, 0.15) is 130 Å². The maximum atomic E-state index is 5.81. The summed E-state index contributed by atoms with van der Waals surface area (Å²) in [6, 6.07) is 0. The first-order valence-electron chi connectivity index (χ1n) is 11.2. The summed E-state index contributed by atoms with van der Waals surface area (Å²) >= 11 is 3.38. The molecule has 0 aliphatic rings. The Hall–Kier alpha value is 0.660. The van der Waals surface area contributed by atoms with Crippen molar-refractivity contribution in [2.45, 2.75) is 141 Å². The highest BCUT2D eigenvalue weighted by atomic mass is 32.2. The lowest BCUT2D eigenvalue weighted by molar-refractivity contribution is 0.568. The topological polar surface area (TPSA) is 9.23 Å². The SMILES string of the molecule is CCCCCCCCCC(C)SOSC(C)CCCCCCCCC. The first kappa shape index (κ1) is 25.7. The van der Waals surface area contributed by atoms with Gasteiger partial charge in [-0.25, -0.2) is 3.63 Å². The van der Waals surface area contributed by atoms with E-state index in [-0.39, 0.29) is 0 Å². The van der Waals surface area contributed by atoms with Gasteiger partial charge in [0.05, 0.1) is 0 Å². The maximum Gasteiger partial charge on any atom is 0.0295 e. The molecule has 152 valence electrons. The number of hydrogen-bond donors (Lipinski definition) is 0. The summed E-state index contributed by atoms with van der Waals surface area (Å²) in [5.74, 6) is 0. The van der Waals surface area contributed by atoms with Gasteiger partial charge in [-0.15, -0.1) is 0 Å². The Kier molecular flexibility index (Phi) is 21.5. The molecule has 25 heavy (non-hydrogen) atoms. The van der Waals surface area contributed by atoms with Gasteiger partial charge < -0.3 is 0 Å². The highest BCUT2D eigenvalue weighted by Crippen LogP contribution is 2.28. The van der Waals surface area contributed by atoms with Crippen LogP contribution in [0.4, 0.5) is 0 Å². The zero-order chi connectivity index (χ0) is 18.6. The van der Waals surface area contributed by atoms with Gasteiger partial charge in [-0.3, -0.25) is 0 Å². The van der Waals surface area contributed by atoms with Crippen molar-refractivity contribution >= 4 is 24.1 Å². The number of rotatable bonds is 20. The number of hydrogen-bond acceptors (Lipinski definition) is 3. The molecule has 1 nitrogen and oxygen atoms in total. The Balaban J connectivity index is 3.29. The molecule has 0 N–H and O–H groups in total. The average Bonchev–Trinajstić information content (AvgIpc) is 2.60. The lowest BCUT2D eigenvalue weighted by Crippen LogP contribution is -1.99. The van der Waals surface area contributed by atoms with Crippen molar-refractivity contribution in [1.82, 2.24) is 0 Å². The molecule has 3 heteroatoms. The van der Waals surface area contributed by atoms with E-state index < -0.39 is 0 Å². The molecule has 0 fully saturated rings. The predicted octanol–water partition coefficient (Wildman–Crippen LogP) is 9.36. The van der Waals surface area contributed by atoms with Crippen LogP contribution in [0.15, 0.2) is 0 Å². The van der Waals surface area contributed by atoms with E-state index in [1.54, 1.807) is 24.1 Å². The van der Waals surface area contributed by atoms with Crippen molar-refractivity contribution in [2.24, 2.45) is 0 Å². The molecule has 0 saturated carbocycles. The van der Waals surface area contributed by atoms with E-state index in [0.29, 0.717) is 10.5 Å². The fourth-order valence-electron chi connectivity index (χ4n) is 3.03. The monoisotopic (exact) mass is 390 g/mol. The van der Waals surface area contributed by atoms with Crippen molar-refractivity contribution in [2.75, 3.05) is 0 Å². The molecule has 0 bridgehead atoms. The Morgan fingerprint density at radius 2 is 0.840 bits per heavy atom. The molecular weight excluding hydrogens is 344 g/mol. The summed E-state index contributed by atoms with van der Waals surface area (Å²) in [7, 11) is 0. The van der Waals surface area contributed by atoms with Gasteiger partial charge in [-0.2, -0.15) is 0 Å². The Labute approximate surface area is 168 Å². The lowest BCUT2D eigenvalue weighted by atomic mass is 10.1. The van der Waals surface area contributed by atoms with Gasteiger partial charge in [0.15, 0.2) is 0 Å². The normalized spacial score (nSPS) is 13.9. The third-order valence-electron chi connectivity index (χ3n) is 4.84. The summed E-state index contributed by atoms with van der Waals surface area (Å²) in [6.45, 7) is 9.19. The molecule has 0 amide bonds. The van der Waals surface area contributed by atoms with Gasteiger partial charge in [-0.05, 0) is 12.8 Å². The Bertz CT molecular complexity index is 224. The van der Waals surface area contributed by atoms with Crippen LogP contribution in [0.25, 0.3) is 0 Å². The van der Waals surface area contributed by atoms with E-state index in [2.05, 4.69) is 27.7 Å². The quantitative estimate of drug-likeness (QED) is 0.151. The van der Waals surface area contributed by atoms with Gasteiger partial charge in [-0.1, -0.05) is 118 Å². The van der Waals surface area contributed by atoms with Crippen molar-refractivity contribution < 1.29 is 3.63 Å². The molecule has 0 aromatic rings. The molecule has 0 aromatic carbocycles. The van der Waals surface area contributed by atoms with E-state index in [1.165, 1.54) is 103 Å².